The first-order valence-electron chi connectivity index (χ1n) is 5.13. The van der Waals surface area contributed by atoms with Gasteiger partial charge in [-0.15, -0.1) is 0 Å². The topological polar surface area (TPSA) is 94.2 Å². The Morgan fingerprint density at radius 1 is 1.24 bits per heavy atom. The quantitative estimate of drug-likeness (QED) is 0.826. The van der Waals surface area contributed by atoms with E-state index < -0.39 is 0 Å². The summed E-state index contributed by atoms with van der Waals surface area (Å²) in [7, 11) is 0. The van der Waals surface area contributed by atoms with Crippen molar-refractivity contribution in [3.63, 3.8) is 0 Å². The van der Waals surface area contributed by atoms with E-state index >= 15 is 0 Å². The van der Waals surface area contributed by atoms with Crippen LogP contribution in [0.1, 0.15) is 6.92 Å². The fourth-order valence-electron chi connectivity index (χ4n) is 1.35. The van der Waals surface area contributed by atoms with E-state index in [4.69, 9.17) is 10.5 Å². The molecule has 1 heterocycles. The number of nitrogens with two attached hydrogens (primary N) is 1. The molecule has 17 heavy (non-hydrogen) atoms. The van der Waals surface area contributed by atoms with Gasteiger partial charge in [0, 0.05) is 0 Å². The van der Waals surface area contributed by atoms with Gasteiger partial charge in [-0.3, -0.25) is 0 Å². The fraction of sp³-hybridized carbons (Fsp3) is 0.182. The number of nitrogen functional groups attached to an aromatic ring is 1. The van der Waals surface area contributed by atoms with Crippen LogP contribution >= 0.6 is 0 Å². The Labute approximate surface area is 98.1 Å². The molecule has 0 aliphatic rings. The van der Waals surface area contributed by atoms with Gasteiger partial charge >= 0.3 is 6.01 Å². The Bertz CT molecular complexity index is 531. The highest BCUT2D eigenvalue weighted by molar-refractivity contribution is 5.64. The third-order valence-corrected chi connectivity index (χ3v) is 2.05. The van der Waals surface area contributed by atoms with Crippen LogP contribution in [0.4, 0.5) is 5.95 Å². The first-order chi connectivity index (χ1) is 8.20. The van der Waals surface area contributed by atoms with Gasteiger partial charge in [0.05, 0.1) is 12.2 Å². The normalized spacial score (nSPS) is 10.2. The maximum Gasteiger partial charge on any atom is 0.321 e. The molecule has 0 fully saturated rings. The number of hydrogen-bond acceptors (Lipinski definition) is 6. The predicted octanol–water partition coefficient (Wildman–Crippen LogP) is 1.23. The first kappa shape index (κ1) is 11.1. The van der Waals surface area contributed by atoms with Crippen molar-refractivity contribution in [1.82, 2.24) is 15.0 Å². The molecule has 0 radical (unpaired) electrons. The maximum atomic E-state index is 9.69. The molecule has 1 aromatic carbocycles. The minimum Gasteiger partial charge on any atom is -0.507 e. The van der Waals surface area contributed by atoms with Gasteiger partial charge in [0.15, 0.2) is 5.82 Å². The van der Waals surface area contributed by atoms with Crippen molar-refractivity contribution in [3.05, 3.63) is 24.3 Å². The standard InChI is InChI=1S/C11H12N4O2/c1-2-17-11-14-9(13-10(12)15-11)7-5-3-4-6-8(7)16/h3-6,16H,2H2,1H3,(H2,12,13,14,15). The largest absolute Gasteiger partial charge is 0.507 e. The second-order valence-electron chi connectivity index (χ2n) is 3.25. The molecular weight excluding hydrogens is 220 g/mol. The number of phenolic OH excluding ortho intramolecular Hbond substituents is 1. The van der Waals surface area contributed by atoms with Crippen LogP contribution in [0.2, 0.25) is 0 Å². The summed E-state index contributed by atoms with van der Waals surface area (Å²) in [5.74, 6) is 0.432. The van der Waals surface area contributed by atoms with E-state index in [1.807, 2.05) is 6.92 Å². The average molecular weight is 232 g/mol. The molecule has 1 aromatic heterocycles. The van der Waals surface area contributed by atoms with Crippen LogP contribution in [0.5, 0.6) is 11.8 Å². The van der Waals surface area contributed by atoms with Crippen LogP contribution in [0.3, 0.4) is 0 Å². The van der Waals surface area contributed by atoms with Crippen LogP contribution in [0, 0.1) is 0 Å². The molecule has 0 amide bonds. The van der Waals surface area contributed by atoms with E-state index in [1.54, 1.807) is 24.3 Å². The Kier molecular flexibility index (Phi) is 3.04. The second-order valence-corrected chi connectivity index (χ2v) is 3.25. The van der Waals surface area contributed by atoms with Crippen molar-refractivity contribution in [3.8, 4) is 23.1 Å². The molecule has 2 rings (SSSR count). The van der Waals surface area contributed by atoms with Gasteiger partial charge in [-0.05, 0) is 19.1 Å². The monoisotopic (exact) mass is 232 g/mol. The first-order valence-corrected chi connectivity index (χ1v) is 5.13. The third kappa shape index (κ3) is 2.41. The van der Waals surface area contributed by atoms with E-state index in [9.17, 15) is 5.11 Å². The molecule has 88 valence electrons. The zero-order valence-corrected chi connectivity index (χ0v) is 9.29. The Hall–Kier alpha value is -2.37. The van der Waals surface area contributed by atoms with Gasteiger partial charge in [0.2, 0.25) is 5.95 Å². The summed E-state index contributed by atoms with van der Waals surface area (Å²) >= 11 is 0. The Morgan fingerprint density at radius 2 is 2.00 bits per heavy atom. The number of benzene rings is 1. The van der Waals surface area contributed by atoms with Crippen molar-refractivity contribution in [2.45, 2.75) is 6.92 Å². The summed E-state index contributed by atoms with van der Waals surface area (Å²) in [5, 5.41) is 9.69. The zero-order valence-electron chi connectivity index (χ0n) is 9.29. The lowest BCUT2D eigenvalue weighted by atomic mass is 10.2. The SMILES string of the molecule is CCOc1nc(N)nc(-c2ccccc2O)n1. The fourth-order valence-corrected chi connectivity index (χ4v) is 1.35. The number of ether oxygens (including phenoxy) is 1. The number of hydrogen-bond donors (Lipinski definition) is 2. The van der Waals surface area contributed by atoms with Crippen molar-refractivity contribution in [2.24, 2.45) is 0 Å². The minimum absolute atomic E-state index is 0.0571. The average Bonchev–Trinajstić information content (AvgIpc) is 2.29. The lowest BCUT2D eigenvalue weighted by Gasteiger charge is -2.06. The van der Waals surface area contributed by atoms with Crippen LogP contribution < -0.4 is 10.5 Å². The molecule has 0 aliphatic carbocycles. The number of aromatic hydroxyl groups is 1. The molecule has 0 aliphatic heterocycles. The molecule has 0 saturated heterocycles. The number of rotatable bonds is 3. The summed E-state index contributed by atoms with van der Waals surface area (Å²) in [6.07, 6.45) is 0. The molecule has 0 bridgehead atoms. The van der Waals surface area contributed by atoms with Gasteiger partial charge in [-0.2, -0.15) is 15.0 Å². The number of para-hydroxylation sites is 1. The molecule has 3 N–H and O–H groups in total. The molecule has 0 atom stereocenters. The van der Waals surface area contributed by atoms with Gasteiger partial charge in [-0.1, -0.05) is 12.1 Å². The zero-order chi connectivity index (χ0) is 12.3. The van der Waals surface area contributed by atoms with E-state index in [-0.39, 0.29) is 17.7 Å². The van der Waals surface area contributed by atoms with Crippen LogP contribution in [0.25, 0.3) is 11.4 Å². The minimum atomic E-state index is 0.0571. The molecule has 2 aromatic rings. The maximum absolute atomic E-state index is 9.69. The van der Waals surface area contributed by atoms with Gasteiger partial charge < -0.3 is 15.6 Å². The lowest BCUT2D eigenvalue weighted by Crippen LogP contribution is -2.04. The van der Waals surface area contributed by atoms with Crippen molar-refractivity contribution < 1.29 is 9.84 Å². The lowest BCUT2D eigenvalue weighted by molar-refractivity contribution is 0.312. The molecule has 6 heteroatoms. The third-order valence-electron chi connectivity index (χ3n) is 2.05. The van der Waals surface area contributed by atoms with Crippen molar-refractivity contribution in [1.29, 1.82) is 0 Å². The molecule has 0 saturated carbocycles. The van der Waals surface area contributed by atoms with Crippen molar-refractivity contribution in [2.75, 3.05) is 12.3 Å². The Morgan fingerprint density at radius 3 is 2.71 bits per heavy atom. The van der Waals surface area contributed by atoms with Crippen molar-refractivity contribution >= 4 is 5.95 Å². The highest BCUT2D eigenvalue weighted by Gasteiger charge is 2.10. The number of phenols is 1. The summed E-state index contributed by atoms with van der Waals surface area (Å²) < 4.78 is 5.16. The van der Waals surface area contributed by atoms with Crippen LogP contribution in [-0.4, -0.2) is 26.7 Å². The van der Waals surface area contributed by atoms with Gasteiger partial charge in [-0.25, -0.2) is 0 Å². The van der Waals surface area contributed by atoms with Crippen LogP contribution in [0.15, 0.2) is 24.3 Å². The van der Waals surface area contributed by atoms with Gasteiger partial charge in [0.25, 0.3) is 0 Å². The van der Waals surface area contributed by atoms with E-state index in [0.717, 1.165) is 0 Å². The molecule has 0 spiro atoms. The Balaban J connectivity index is 2.48. The molecular formula is C11H12N4O2. The summed E-state index contributed by atoms with van der Waals surface area (Å²) in [6.45, 7) is 2.25. The highest BCUT2D eigenvalue weighted by atomic mass is 16.5. The molecule has 0 unspecified atom stereocenters. The predicted molar refractivity (Wildman–Crippen MR) is 62.5 cm³/mol. The van der Waals surface area contributed by atoms with E-state index in [1.165, 1.54) is 0 Å². The smallest absolute Gasteiger partial charge is 0.321 e. The molecule has 6 nitrogen and oxygen atoms in total. The van der Waals surface area contributed by atoms with E-state index in [0.29, 0.717) is 18.0 Å². The summed E-state index contributed by atoms with van der Waals surface area (Å²) in [5.41, 5.74) is 6.04. The van der Waals surface area contributed by atoms with Crippen LogP contribution in [-0.2, 0) is 0 Å². The summed E-state index contributed by atoms with van der Waals surface area (Å²) in [6, 6.07) is 6.89. The van der Waals surface area contributed by atoms with E-state index in [2.05, 4.69) is 15.0 Å². The second kappa shape index (κ2) is 4.65. The highest BCUT2D eigenvalue weighted by Crippen LogP contribution is 2.26. The number of nitrogens with zero attached hydrogens (tertiary/aromatic N) is 3. The number of anilines is 1. The summed E-state index contributed by atoms with van der Waals surface area (Å²) in [4.78, 5) is 11.9. The van der Waals surface area contributed by atoms with Gasteiger partial charge in [0.1, 0.15) is 5.75 Å². The number of aromatic nitrogens is 3.